The monoisotopic (exact) mass is 400 g/mol. The molecule has 3 aromatic carbocycles. The van der Waals surface area contributed by atoms with Crippen LogP contribution in [-0.2, 0) is 11.2 Å². The minimum absolute atomic E-state index is 0.0581. The summed E-state index contributed by atoms with van der Waals surface area (Å²) in [7, 11) is 0. The van der Waals surface area contributed by atoms with Crippen molar-refractivity contribution < 1.29 is 9.53 Å². The van der Waals surface area contributed by atoms with Gasteiger partial charge in [-0.25, -0.2) is 0 Å². The van der Waals surface area contributed by atoms with Gasteiger partial charge in [-0.05, 0) is 73.4 Å². The zero-order valence-corrected chi connectivity index (χ0v) is 17.3. The van der Waals surface area contributed by atoms with Crippen LogP contribution in [0, 0.1) is 13.8 Å². The Bertz CT molecular complexity index is 1200. The van der Waals surface area contributed by atoms with Crippen LogP contribution < -0.4 is 10.1 Å². The van der Waals surface area contributed by atoms with E-state index in [4.69, 9.17) is 4.74 Å². The van der Waals surface area contributed by atoms with Gasteiger partial charge in [0.15, 0.2) is 6.61 Å². The predicted octanol–water partition coefficient (Wildman–Crippen LogP) is 4.62. The molecule has 0 radical (unpaired) electrons. The number of aromatic nitrogens is 3. The van der Waals surface area contributed by atoms with E-state index in [1.807, 2.05) is 62.4 Å². The molecule has 30 heavy (non-hydrogen) atoms. The number of hydrogen-bond donors (Lipinski definition) is 1. The number of anilines is 1. The second-order valence-electron chi connectivity index (χ2n) is 7.32. The fraction of sp³-hybridized carbons (Fsp3) is 0.208. The molecule has 1 N–H and O–H groups in total. The van der Waals surface area contributed by atoms with E-state index in [9.17, 15) is 4.79 Å². The summed E-state index contributed by atoms with van der Waals surface area (Å²) < 4.78 is 5.58. The molecule has 1 amide bonds. The Morgan fingerprint density at radius 3 is 2.43 bits per heavy atom. The van der Waals surface area contributed by atoms with Crippen molar-refractivity contribution in [2.45, 2.75) is 27.2 Å². The molecule has 0 aliphatic rings. The highest BCUT2D eigenvalue weighted by Gasteiger charge is 2.11. The highest BCUT2D eigenvalue weighted by molar-refractivity contribution is 5.95. The SMILES string of the molecule is CCc1ccc(-n2nc3cc(C)c(NC(=O)COc4cccc(C)c4)cc3n2)cc1. The predicted molar refractivity (Wildman–Crippen MR) is 118 cm³/mol. The molecule has 0 fully saturated rings. The van der Waals surface area contributed by atoms with E-state index in [-0.39, 0.29) is 12.5 Å². The third-order valence-electron chi connectivity index (χ3n) is 4.94. The standard InChI is InChI=1S/C24H24N4O2/c1-4-18-8-10-19(11-9-18)28-26-22-13-17(3)21(14-23(22)27-28)25-24(29)15-30-20-7-5-6-16(2)12-20/h5-14H,4,15H2,1-3H3,(H,25,29). The number of carbonyl (C=O) groups excluding carboxylic acids is 1. The number of rotatable bonds is 6. The lowest BCUT2D eigenvalue weighted by Gasteiger charge is -2.10. The van der Waals surface area contributed by atoms with Crippen LogP contribution in [-0.4, -0.2) is 27.5 Å². The van der Waals surface area contributed by atoms with Crippen molar-refractivity contribution in [3.8, 4) is 11.4 Å². The van der Waals surface area contributed by atoms with Crippen molar-refractivity contribution in [1.82, 2.24) is 15.0 Å². The van der Waals surface area contributed by atoms with Crippen LogP contribution >= 0.6 is 0 Å². The van der Waals surface area contributed by atoms with Crippen molar-refractivity contribution >= 4 is 22.6 Å². The molecule has 152 valence electrons. The molecular formula is C24H24N4O2. The smallest absolute Gasteiger partial charge is 0.262 e. The van der Waals surface area contributed by atoms with Crippen molar-refractivity contribution in [3.63, 3.8) is 0 Å². The summed E-state index contributed by atoms with van der Waals surface area (Å²) in [5, 5.41) is 12.1. The number of hydrogen-bond acceptors (Lipinski definition) is 4. The fourth-order valence-corrected chi connectivity index (χ4v) is 3.22. The Morgan fingerprint density at radius 2 is 1.73 bits per heavy atom. The number of nitrogens with zero attached hydrogens (tertiary/aromatic N) is 3. The van der Waals surface area contributed by atoms with E-state index in [0.29, 0.717) is 11.4 Å². The van der Waals surface area contributed by atoms with Gasteiger partial charge in [0.1, 0.15) is 16.8 Å². The first kappa shape index (κ1) is 19.6. The molecule has 0 atom stereocenters. The molecule has 0 unspecified atom stereocenters. The highest BCUT2D eigenvalue weighted by Crippen LogP contribution is 2.22. The third-order valence-corrected chi connectivity index (χ3v) is 4.94. The van der Waals surface area contributed by atoms with Crippen LogP contribution in [0.1, 0.15) is 23.6 Å². The zero-order chi connectivity index (χ0) is 21.1. The molecule has 1 aromatic heterocycles. The van der Waals surface area contributed by atoms with Gasteiger partial charge in [-0.1, -0.05) is 31.2 Å². The number of ether oxygens (including phenoxy) is 1. The Morgan fingerprint density at radius 1 is 1.00 bits per heavy atom. The highest BCUT2D eigenvalue weighted by atomic mass is 16.5. The Kier molecular flexibility index (Phi) is 5.48. The minimum Gasteiger partial charge on any atom is -0.484 e. The quantitative estimate of drug-likeness (QED) is 0.513. The van der Waals surface area contributed by atoms with E-state index < -0.39 is 0 Å². The molecule has 4 aromatic rings. The molecule has 0 aliphatic carbocycles. The van der Waals surface area contributed by atoms with Crippen LogP contribution in [0.2, 0.25) is 0 Å². The van der Waals surface area contributed by atoms with Crippen molar-refractivity contribution in [1.29, 1.82) is 0 Å². The molecule has 6 nitrogen and oxygen atoms in total. The normalized spacial score (nSPS) is 10.9. The maximum absolute atomic E-state index is 12.4. The molecule has 0 saturated heterocycles. The maximum Gasteiger partial charge on any atom is 0.262 e. The van der Waals surface area contributed by atoms with Crippen molar-refractivity contribution in [2.75, 3.05) is 11.9 Å². The van der Waals surface area contributed by atoms with Crippen LogP contribution in [0.4, 0.5) is 5.69 Å². The molecule has 0 aliphatic heterocycles. The first-order valence-corrected chi connectivity index (χ1v) is 9.98. The van der Waals surface area contributed by atoms with Gasteiger partial charge in [-0.3, -0.25) is 4.79 Å². The van der Waals surface area contributed by atoms with Crippen molar-refractivity contribution in [3.05, 3.63) is 77.4 Å². The van der Waals surface area contributed by atoms with E-state index >= 15 is 0 Å². The topological polar surface area (TPSA) is 69.0 Å². The number of aryl methyl sites for hydroxylation is 3. The third kappa shape index (κ3) is 4.33. The summed E-state index contributed by atoms with van der Waals surface area (Å²) in [5.74, 6) is 0.455. The number of benzene rings is 3. The molecule has 6 heteroatoms. The van der Waals surface area contributed by atoms with E-state index in [1.165, 1.54) is 5.56 Å². The Labute approximate surface area is 175 Å². The first-order valence-electron chi connectivity index (χ1n) is 9.98. The Balaban J connectivity index is 1.50. The average molecular weight is 400 g/mol. The second-order valence-corrected chi connectivity index (χ2v) is 7.32. The fourth-order valence-electron chi connectivity index (χ4n) is 3.22. The van der Waals surface area contributed by atoms with Gasteiger partial charge in [0.05, 0.1) is 5.69 Å². The van der Waals surface area contributed by atoms with E-state index in [2.05, 4.69) is 34.6 Å². The van der Waals surface area contributed by atoms with E-state index in [1.54, 1.807) is 4.80 Å². The average Bonchev–Trinajstić information content (AvgIpc) is 3.15. The Hall–Kier alpha value is -3.67. The summed E-state index contributed by atoms with van der Waals surface area (Å²) in [5.41, 5.74) is 6.37. The van der Waals surface area contributed by atoms with Gasteiger partial charge >= 0.3 is 0 Å². The number of nitrogens with one attached hydrogen (secondary N) is 1. The number of carbonyl (C=O) groups is 1. The summed E-state index contributed by atoms with van der Waals surface area (Å²) in [6.07, 6.45) is 0.991. The minimum atomic E-state index is -0.221. The maximum atomic E-state index is 12.4. The summed E-state index contributed by atoms with van der Waals surface area (Å²) in [6.45, 7) is 5.99. The van der Waals surface area contributed by atoms with Crippen LogP contribution in [0.25, 0.3) is 16.7 Å². The van der Waals surface area contributed by atoms with Crippen LogP contribution in [0.5, 0.6) is 5.75 Å². The van der Waals surface area contributed by atoms with E-state index in [0.717, 1.165) is 34.3 Å². The van der Waals surface area contributed by atoms with Gasteiger partial charge in [0.25, 0.3) is 5.91 Å². The van der Waals surface area contributed by atoms with Crippen LogP contribution in [0.3, 0.4) is 0 Å². The molecule has 0 spiro atoms. The lowest BCUT2D eigenvalue weighted by atomic mass is 10.1. The van der Waals surface area contributed by atoms with Gasteiger partial charge in [0, 0.05) is 5.69 Å². The molecular weight excluding hydrogens is 376 g/mol. The molecule has 0 bridgehead atoms. The number of fused-ring (bicyclic) bond motifs is 1. The molecule has 0 saturated carbocycles. The second kappa shape index (κ2) is 8.37. The zero-order valence-electron chi connectivity index (χ0n) is 17.3. The van der Waals surface area contributed by atoms with Gasteiger partial charge < -0.3 is 10.1 Å². The van der Waals surface area contributed by atoms with Crippen molar-refractivity contribution in [2.24, 2.45) is 0 Å². The molecule has 4 rings (SSSR count). The summed E-state index contributed by atoms with van der Waals surface area (Å²) in [4.78, 5) is 14.0. The summed E-state index contributed by atoms with van der Waals surface area (Å²) in [6, 6.07) is 19.6. The van der Waals surface area contributed by atoms with Gasteiger partial charge in [0.2, 0.25) is 0 Å². The molecule has 1 heterocycles. The van der Waals surface area contributed by atoms with Gasteiger partial charge in [-0.15, -0.1) is 10.2 Å². The van der Waals surface area contributed by atoms with Gasteiger partial charge in [-0.2, -0.15) is 4.80 Å². The van der Waals surface area contributed by atoms with Crippen LogP contribution in [0.15, 0.2) is 60.7 Å². The number of amides is 1. The lowest BCUT2D eigenvalue weighted by molar-refractivity contribution is -0.118. The lowest BCUT2D eigenvalue weighted by Crippen LogP contribution is -2.20. The summed E-state index contributed by atoms with van der Waals surface area (Å²) >= 11 is 0. The first-order chi connectivity index (χ1) is 14.5. The largest absolute Gasteiger partial charge is 0.484 e.